The Kier molecular flexibility index (Phi) is 6.76. The minimum atomic E-state index is 0.180. The summed E-state index contributed by atoms with van der Waals surface area (Å²) in [5.74, 6) is 0. The van der Waals surface area contributed by atoms with Crippen molar-refractivity contribution in [3.63, 3.8) is 0 Å². The quantitative estimate of drug-likeness (QED) is 0.561. The number of unbranched alkanes of at least 4 members (excludes halogenated alkanes) is 1. The molecular formula is C15H26N2S. The average Bonchev–Trinajstić information content (AvgIpc) is 2.38. The third-order valence-corrected chi connectivity index (χ3v) is 3.99. The van der Waals surface area contributed by atoms with Gasteiger partial charge in [-0.3, -0.25) is 0 Å². The molecule has 0 saturated carbocycles. The van der Waals surface area contributed by atoms with Crippen LogP contribution in [0.3, 0.4) is 0 Å². The normalized spacial score (nSPS) is 11.8. The van der Waals surface area contributed by atoms with Crippen LogP contribution >= 0.6 is 11.8 Å². The molecule has 0 bridgehead atoms. The van der Waals surface area contributed by atoms with Gasteiger partial charge in [-0.2, -0.15) is 0 Å². The van der Waals surface area contributed by atoms with E-state index in [1.165, 1.54) is 10.5 Å². The summed E-state index contributed by atoms with van der Waals surface area (Å²) in [6.45, 7) is 7.44. The first-order valence-corrected chi connectivity index (χ1v) is 7.88. The van der Waals surface area contributed by atoms with E-state index in [0.29, 0.717) is 0 Å². The zero-order valence-electron chi connectivity index (χ0n) is 11.8. The summed E-state index contributed by atoms with van der Waals surface area (Å²) in [4.78, 5) is 1.32. The maximum absolute atomic E-state index is 5.49. The van der Waals surface area contributed by atoms with Gasteiger partial charge >= 0.3 is 0 Å². The molecule has 0 fully saturated rings. The maximum Gasteiger partial charge on any atom is 0.00693 e. The summed E-state index contributed by atoms with van der Waals surface area (Å²) in [6, 6.07) is 8.90. The number of benzene rings is 1. The molecule has 1 aromatic carbocycles. The summed E-state index contributed by atoms with van der Waals surface area (Å²) in [7, 11) is 0. The zero-order chi connectivity index (χ0) is 13.4. The lowest BCUT2D eigenvalue weighted by atomic mass is 9.84. The Bertz CT molecular complexity index is 333. The molecule has 1 rings (SSSR count). The van der Waals surface area contributed by atoms with Crippen LogP contribution in [-0.2, 0) is 5.41 Å². The molecule has 2 nitrogen and oxygen atoms in total. The Morgan fingerprint density at radius 3 is 2.39 bits per heavy atom. The molecule has 0 amide bonds. The molecule has 0 aliphatic heterocycles. The van der Waals surface area contributed by atoms with Crippen LogP contribution < -0.4 is 11.1 Å². The smallest absolute Gasteiger partial charge is 0.00693 e. The number of hydrogen-bond acceptors (Lipinski definition) is 3. The first kappa shape index (κ1) is 15.5. The van der Waals surface area contributed by atoms with Crippen LogP contribution in [0.5, 0.6) is 0 Å². The van der Waals surface area contributed by atoms with Crippen molar-refractivity contribution in [2.24, 2.45) is 5.73 Å². The third-order valence-electron chi connectivity index (χ3n) is 3.25. The minimum Gasteiger partial charge on any atom is -0.330 e. The average molecular weight is 266 g/mol. The highest BCUT2D eigenvalue weighted by molar-refractivity contribution is 7.98. The second-order valence-electron chi connectivity index (χ2n) is 5.28. The molecule has 0 radical (unpaired) electrons. The standard InChI is InChI=1S/C15H26N2S/c1-15(2,12-17-11-5-4-10-16)13-6-8-14(18-3)9-7-13/h6-9,17H,4-5,10-12,16H2,1-3H3. The summed E-state index contributed by atoms with van der Waals surface area (Å²) in [5, 5.41) is 3.53. The number of thioether (sulfide) groups is 1. The van der Waals surface area contributed by atoms with Crippen molar-refractivity contribution in [1.82, 2.24) is 5.32 Å². The number of hydrogen-bond donors (Lipinski definition) is 2. The molecule has 0 aliphatic rings. The van der Waals surface area contributed by atoms with Crippen molar-refractivity contribution < 1.29 is 0 Å². The van der Waals surface area contributed by atoms with Crippen LogP contribution in [-0.4, -0.2) is 25.9 Å². The van der Waals surface area contributed by atoms with E-state index in [1.54, 1.807) is 11.8 Å². The summed E-state index contributed by atoms with van der Waals surface area (Å²) < 4.78 is 0. The van der Waals surface area contributed by atoms with E-state index in [2.05, 4.69) is 49.7 Å². The van der Waals surface area contributed by atoms with E-state index in [-0.39, 0.29) is 5.41 Å². The Hall–Kier alpha value is -0.510. The lowest BCUT2D eigenvalue weighted by Crippen LogP contribution is -2.33. The fourth-order valence-corrected chi connectivity index (χ4v) is 2.35. The number of nitrogens with two attached hydrogens (primary N) is 1. The molecule has 3 N–H and O–H groups in total. The molecule has 0 aromatic heterocycles. The maximum atomic E-state index is 5.49. The number of rotatable bonds is 8. The topological polar surface area (TPSA) is 38.0 Å². The molecule has 0 saturated heterocycles. The van der Waals surface area contributed by atoms with Crippen molar-refractivity contribution in [2.75, 3.05) is 25.9 Å². The van der Waals surface area contributed by atoms with Crippen molar-refractivity contribution in [2.45, 2.75) is 37.0 Å². The van der Waals surface area contributed by atoms with Gasteiger partial charge in [0.15, 0.2) is 0 Å². The summed E-state index contributed by atoms with van der Waals surface area (Å²) in [5.41, 5.74) is 7.06. The van der Waals surface area contributed by atoms with Crippen molar-refractivity contribution in [3.8, 4) is 0 Å². The van der Waals surface area contributed by atoms with Gasteiger partial charge in [-0.05, 0) is 49.9 Å². The fourth-order valence-electron chi connectivity index (χ4n) is 1.94. The predicted molar refractivity (Wildman–Crippen MR) is 82.4 cm³/mol. The van der Waals surface area contributed by atoms with Crippen LogP contribution in [0.15, 0.2) is 29.2 Å². The van der Waals surface area contributed by atoms with Crippen LogP contribution in [0.2, 0.25) is 0 Å². The van der Waals surface area contributed by atoms with Crippen LogP contribution in [0.1, 0.15) is 32.3 Å². The van der Waals surface area contributed by atoms with Gasteiger partial charge in [-0.25, -0.2) is 0 Å². The third kappa shape index (κ3) is 5.01. The lowest BCUT2D eigenvalue weighted by Gasteiger charge is -2.26. The van der Waals surface area contributed by atoms with E-state index < -0.39 is 0 Å². The molecule has 0 atom stereocenters. The van der Waals surface area contributed by atoms with Gasteiger partial charge in [0.1, 0.15) is 0 Å². The molecular weight excluding hydrogens is 240 g/mol. The Morgan fingerprint density at radius 1 is 1.17 bits per heavy atom. The molecule has 3 heteroatoms. The minimum absolute atomic E-state index is 0.180. The first-order valence-electron chi connectivity index (χ1n) is 6.65. The van der Waals surface area contributed by atoms with Gasteiger partial charge in [0, 0.05) is 16.9 Å². The van der Waals surface area contributed by atoms with E-state index in [4.69, 9.17) is 5.73 Å². The molecule has 18 heavy (non-hydrogen) atoms. The highest BCUT2D eigenvalue weighted by Crippen LogP contribution is 2.24. The van der Waals surface area contributed by atoms with Gasteiger partial charge < -0.3 is 11.1 Å². The van der Waals surface area contributed by atoms with Crippen molar-refractivity contribution in [3.05, 3.63) is 29.8 Å². The van der Waals surface area contributed by atoms with Gasteiger partial charge in [0.2, 0.25) is 0 Å². The summed E-state index contributed by atoms with van der Waals surface area (Å²) in [6.07, 6.45) is 4.38. The van der Waals surface area contributed by atoms with E-state index >= 15 is 0 Å². The van der Waals surface area contributed by atoms with Crippen molar-refractivity contribution >= 4 is 11.8 Å². The zero-order valence-corrected chi connectivity index (χ0v) is 12.6. The molecule has 0 aliphatic carbocycles. The van der Waals surface area contributed by atoms with Gasteiger partial charge in [-0.15, -0.1) is 11.8 Å². The second kappa shape index (κ2) is 7.82. The van der Waals surface area contributed by atoms with Gasteiger partial charge in [0.05, 0.1) is 0 Å². The van der Waals surface area contributed by atoms with Gasteiger partial charge in [-0.1, -0.05) is 26.0 Å². The molecule has 0 spiro atoms. The lowest BCUT2D eigenvalue weighted by molar-refractivity contribution is 0.464. The SMILES string of the molecule is CSc1ccc(C(C)(C)CNCCCCN)cc1. The van der Waals surface area contributed by atoms with E-state index in [1.807, 2.05) is 0 Å². The summed E-state index contributed by atoms with van der Waals surface area (Å²) >= 11 is 1.79. The Labute approximate surface area is 116 Å². The Morgan fingerprint density at radius 2 is 1.83 bits per heavy atom. The second-order valence-corrected chi connectivity index (χ2v) is 6.16. The van der Waals surface area contributed by atoms with Crippen LogP contribution in [0.4, 0.5) is 0 Å². The molecule has 0 unspecified atom stereocenters. The first-order chi connectivity index (χ1) is 8.60. The highest BCUT2D eigenvalue weighted by Gasteiger charge is 2.19. The van der Waals surface area contributed by atoms with Crippen molar-refractivity contribution in [1.29, 1.82) is 0 Å². The van der Waals surface area contributed by atoms with Crippen LogP contribution in [0, 0.1) is 0 Å². The van der Waals surface area contributed by atoms with E-state index in [0.717, 1.165) is 32.5 Å². The number of nitrogens with one attached hydrogen (secondary N) is 1. The predicted octanol–water partition coefficient (Wildman–Crippen LogP) is 3.01. The Balaban J connectivity index is 2.45. The fraction of sp³-hybridized carbons (Fsp3) is 0.600. The van der Waals surface area contributed by atoms with E-state index in [9.17, 15) is 0 Å². The molecule has 0 heterocycles. The van der Waals surface area contributed by atoms with Gasteiger partial charge in [0.25, 0.3) is 0 Å². The highest BCUT2D eigenvalue weighted by atomic mass is 32.2. The largest absolute Gasteiger partial charge is 0.330 e. The molecule has 1 aromatic rings. The van der Waals surface area contributed by atoms with Crippen LogP contribution in [0.25, 0.3) is 0 Å². The molecule has 102 valence electrons. The monoisotopic (exact) mass is 266 g/mol.